The zero-order valence-electron chi connectivity index (χ0n) is 16.1. The summed E-state index contributed by atoms with van der Waals surface area (Å²) in [5.41, 5.74) is 2.05. The average Bonchev–Trinajstić information content (AvgIpc) is 3.15. The van der Waals surface area contributed by atoms with Gasteiger partial charge in [0.25, 0.3) is 0 Å². The van der Waals surface area contributed by atoms with Crippen molar-refractivity contribution in [2.75, 3.05) is 43.1 Å². The van der Waals surface area contributed by atoms with Crippen molar-refractivity contribution in [2.24, 2.45) is 5.92 Å². The van der Waals surface area contributed by atoms with Crippen molar-refractivity contribution in [2.45, 2.75) is 32.5 Å². The van der Waals surface area contributed by atoms with Gasteiger partial charge in [0.1, 0.15) is 5.82 Å². The molecular weight excluding hydrogens is 340 g/mol. The van der Waals surface area contributed by atoms with Crippen LogP contribution in [0.2, 0.25) is 0 Å². The van der Waals surface area contributed by atoms with Crippen LogP contribution < -0.4 is 10.2 Å². The van der Waals surface area contributed by atoms with Crippen molar-refractivity contribution < 1.29 is 9.47 Å². The van der Waals surface area contributed by atoms with Gasteiger partial charge in [0.2, 0.25) is 5.95 Å². The van der Waals surface area contributed by atoms with Crippen LogP contribution >= 0.6 is 0 Å². The van der Waals surface area contributed by atoms with Crippen LogP contribution in [0, 0.1) is 5.92 Å². The number of ether oxygens (including phenoxy) is 2. The molecule has 0 radical (unpaired) electrons. The van der Waals surface area contributed by atoms with Crippen LogP contribution in [0.15, 0.2) is 36.4 Å². The monoisotopic (exact) mass is 368 g/mol. The third kappa shape index (κ3) is 4.22. The van der Waals surface area contributed by atoms with Gasteiger partial charge in [-0.15, -0.1) is 0 Å². The zero-order valence-corrected chi connectivity index (χ0v) is 16.1. The van der Waals surface area contributed by atoms with E-state index in [9.17, 15) is 0 Å². The lowest BCUT2D eigenvalue weighted by Gasteiger charge is -2.37. The maximum Gasteiger partial charge on any atom is 0.227 e. The SMILES string of the molecule is CC(C)CNc1cc(-c2ccccc2)nc(N2CCC3(CC2)OCCO3)n1. The molecule has 1 aromatic heterocycles. The second kappa shape index (κ2) is 7.82. The predicted molar refractivity (Wildman–Crippen MR) is 107 cm³/mol. The third-order valence-corrected chi connectivity index (χ3v) is 5.10. The molecule has 0 unspecified atom stereocenters. The molecular formula is C21H28N4O2. The fourth-order valence-electron chi connectivity index (χ4n) is 3.57. The molecule has 1 aromatic carbocycles. The summed E-state index contributed by atoms with van der Waals surface area (Å²) in [7, 11) is 0. The van der Waals surface area contributed by atoms with E-state index < -0.39 is 0 Å². The summed E-state index contributed by atoms with van der Waals surface area (Å²) in [6.07, 6.45) is 1.70. The van der Waals surface area contributed by atoms with Crippen LogP contribution in [0.25, 0.3) is 11.3 Å². The Morgan fingerprint density at radius 1 is 1.07 bits per heavy atom. The molecule has 0 bridgehead atoms. The first-order chi connectivity index (χ1) is 13.1. The number of piperidine rings is 1. The van der Waals surface area contributed by atoms with Gasteiger partial charge in [0.05, 0.1) is 18.9 Å². The Balaban J connectivity index is 1.58. The first-order valence-electron chi connectivity index (χ1n) is 9.85. The maximum absolute atomic E-state index is 5.85. The smallest absolute Gasteiger partial charge is 0.227 e. The molecule has 0 atom stereocenters. The summed E-state index contributed by atoms with van der Waals surface area (Å²) >= 11 is 0. The maximum atomic E-state index is 5.85. The van der Waals surface area contributed by atoms with Gasteiger partial charge in [0.15, 0.2) is 5.79 Å². The van der Waals surface area contributed by atoms with Crippen LogP contribution in [-0.4, -0.2) is 48.6 Å². The van der Waals surface area contributed by atoms with Gasteiger partial charge in [-0.05, 0) is 5.92 Å². The fraction of sp³-hybridized carbons (Fsp3) is 0.524. The van der Waals surface area contributed by atoms with E-state index in [0.29, 0.717) is 19.1 Å². The van der Waals surface area contributed by atoms with Gasteiger partial charge in [-0.2, -0.15) is 4.98 Å². The van der Waals surface area contributed by atoms with E-state index in [2.05, 4.69) is 36.2 Å². The zero-order chi connectivity index (χ0) is 18.7. The fourth-order valence-corrected chi connectivity index (χ4v) is 3.57. The van der Waals surface area contributed by atoms with E-state index in [0.717, 1.165) is 55.5 Å². The van der Waals surface area contributed by atoms with Crippen LogP contribution in [0.1, 0.15) is 26.7 Å². The number of benzene rings is 1. The highest BCUT2D eigenvalue weighted by molar-refractivity contribution is 5.64. The molecule has 2 saturated heterocycles. The highest BCUT2D eigenvalue weighted by Gasteiger charge is 2.40. The van der Waals surface area contributed by atoms with E-state index in [1.54, 1.807) is 0 Å². The Morgan fingerprint density at radius 3 is 2.44 bits per heavy atom. The minimum Gasteiger partial charge on any atom is -0.370 e. The lowest BCUT2D eigenvalue weighted by atomic mass is 10.0. The van der Waals surface area contributed by atoms with Crippen LogP contribution in [0.4, 0.5) is 11.8 Å². The molecule has 1 N–H and O–H groups in total. The second-order valence-corrected chi connectivity index (χ2v) is 7.67. The summed E-state index contributed by atoms with van der Waals surface area (Å²) in [6, 6.07) is 12.3. The average molecular weight is 368 g/mol. The molecule has 2 aromatic rings. The van der Waals surface area contributed by atoms with Crippen molar-refractivity contribution >= 4 is 11.8 Å². The van der Waals surface area contributed by atoms with E-state index in [1.165, 1.54) is 0 Å². The van der Waals surface area contributed by atoms with Gasteiger partial charge in [0, 0.05) is 44.1 Å². The van der Waals surface area contributed by atoms with Crippen molar-refractivity contribution in [3.63, 3.8) is 0 Å². The molecule has 2 fully saturated rings. The number of anilines is 2. The van der Waals surface area contributed by atoms with Crippen LogP contribution in [0.3, 0.4) is 0 Å². The quantitative estimate of drug-likeness (QED) is 0.871. The minimum absolute atomic E-state index is 0.383. The van der Waals surface area contributed by atoms with Gasteiger partial charge in [-0.3, -0.25) is 0 Å². The van der Waals surface area contributed by atoms with Gasteiger partial charge >= 0.3 is 0 Å². The summed E-state index contributed by atoms with van der Waals surface area (Å²) in [5.74, 6) is 1.82. The molecule has 2 aliphatic heterocycles. The van der Waals surface area contributed by atoms with Crippen molar-refractivity contribution in [1.29, 1.82) is 0 Å². The molecule has 6 nitrogen and oxygen atoms in total. The number of hydrogen-bond acceptors (Lipinski definition) is 6. The molecule has 27 heavy (non-hydrogen) atoms. The topological polar surface area (TPSA) is 59.5 Å². The molecule has 1 spiro atoms. The largest absolute Gasteiger partial charge is 0.370 e. The molecule has 3 heterocycles. The van der Waals surface area contributed by atoms with E-state index in [-0.39, 0.29) is 5.79 Å². The summed E-state index contributed by atoms with van der Waals surface area (Å²) in [4.78, 5) is 11.9. The molecule has 0 amide bonds. The van der Waals surface area contributed by atoms with Gasteiger partial charge in [-0.25, -0.2) is 4.98 Å². The Hall–Kier alpha value is -2.18. The summed E-state index contributed by atoms with van der Waals surface area (Å²) < 4.78 is 11.7. The molecule has 4 rings (SSSR count). The minimum atomic E-state index is -0.383. The van der Waals surface area contributed by atoms with E-state index in [4.69, 9.17) is 19.4 Å². The predicted octanol–water partition coefficient (Wildman–Crippen LogP) is 3.55. The highest BCUT2D eigenvalue weighted by Crippen LogP contribution is 2.33. The molecule has 2 aliphatic rings. The van der Waals surface area contributed by atoms with Gasteiger partial charge in [-0.1, -0.05) is 44.2 Å². The Labute approximate surface area is 160 Å². The third-order valence-electron chi connectivity index (χ3n) is 5.10. The molecule has 0 saturated carbocycles. The Morgan fingerprint density at radius 2 is 1.78 bits per heavy atom. The number of nitrogens with zero attached hydrogens (tertiary/aromatic N) is 3. The van der Waals surface area contributed by atoms with Gasteiger partial charge < -0.3 is 19.7 Å². The van der Waals surface area contributed by atoms with E-state index in [1.807, 2.05) is 24.3 Å². The van der Waals surface area contributed by atoms with Crippen molar-refractivity contribution in [3.8, 4) is 11.3 Å². The number of hydrogen-bond donors (Lipinski definition) is 1. The molecule has 0 aliphatic carbocycles. The first kappa shape index (κ1) is 18.2. The van der Waals surface area contributed by atoms with E-state index >= 15 is 0 Å². The highest BCUT2D eigenvalue weighted by atomic mass is 16.7. The molecule has 6 heteroatoms. The normalized spacial score (nSPS) is 19.0. The van der Waals surface area contributed by atoms with Crippen molar-refractivity contribution in [3.05, 3.63) is 36.4 Å². The Bertz CT molecular complexity index is 750. The Kier molecular flexibility index (Phi) is 5.27. The first-order valence-corrected chi connectivity index (χ1v) is 9.85. The lowest BCUT2D eigenvalue weighted by Crippen LogP contribution is -2.45. The summed E-state index contributed by atoms with van der Waals surface area (Å²) in [6.45, 7) is 8.34. The van der Waals surface area contributed by atoms with Crippen molar-refractivity contribution in [1.82, 2.24) is 9.97 Å². The van der Waals surface area contributed by atoms with Crippen LogP contribution in [-0.2, 0) is 9.47 Å². The standard InChI is InChI=1S/C21H28N4O2/c1-16(2)15-22-19-14-18(17-6-4-3-5-7-17)23-20(24-19)25-10-8-21(9-11-25)26-12-13-27-21/h3-7,14,16H,8-13,15H2,1-2H3,(H,22,23,24). The lowest BCUT2D eigenvalue weighted by molar-refractivity contribution is -0.169. The molecule has 144 valence electrons. The summed E-state index contributed by atoms with van der Waals surface area (Å²) in [5, 5.41) is 3.46. The number of rotatable bonds is 5. The number of nitrogens with one attached hydrogen (secondary N) is 1. The van der Waals surface area contributed by atoms with Crippen LogP contribution in [0.5, 0.6) is 0 Å². The second-order valence-electron chi connectivity index (χ2n) is 7.67. The number of aromatic nitrogens is 2.